The lowest BCUT2D eigenvalue weighted by Gasteiger charge is -2.26. The standard InChI is InChI=1S/C22H31N5O.HI/c1-23-22(25-13-16-27-14-6-3-7-15-27)26-17-20-11-8-12-24-21(20)28-18-19-9-4-2-5-10-19;/h2,4-5,8-12H,3,6-7,13-18H2,1H3,(H2,23,25,26);1H. The SMILES string of the molecule is CN=C(NCCN1CCCCC1)NCc1cccnc1OCc1ccccc1.I. The van der Waals surface area contributed by atoms with E-state index in [-0.39, 0.29) is 24.0 Å². The van der Waals surface area contributed by atoms with Gasteiger partial charge in [-0.05, 0) is 37.6 Å². The van der Waals surface area contributed by atoms with E-state index in [1.165, 1.54) is 32.4 Å². The molecule has 6 nitrogen and oxygen atoms in total. The lowest BCUT2D eigenvalue weighted by Crippen LogP contribution is -2.42. The molecule has 158 valence electrons. The number of guanidine groups is 1. The first-order valence-corrected chi connectivity index (χ1v) is 10.1. The highest BCUT2D eigenvalue weighted by atomic mass is 127. The van der Waals surface area contributed by atoms with Crippen molar-refractivity contribution < 1.29 is 4.74 Å². The van der Waals surface area contributed by atoms with E-state index >= 15 is 0 Å². The Morgan fingerprint density at radius 1 is 1.07 bits per heavy atom. The Morgan fingerprint density at radius 2 is 1.86 bits per heavy atom. The number of ether oxygens (including phenoxy) is 1. The molecule has 1 saturated heterocycles. The molecule has 0 bridgehead atoms. The highest BCUT2D eigenvalue weighted by molar-refractivity contribution is 14.0. The van der Waals surface area contributed by atoms with Gasteiger partial charge in [-0.25, -0.2) is 4.98 Å². The number of aliphatic imine (C=N–C) groups is 1. The molecule has 1 aliphatic rings. The number of nitrogens with one attached hydrogen (secondary N) is 2. The summed E-state index contributed by atoms with van der Waals surface area (Å²) in [5.41, 5.74) is 2.14. The van der Waals surface area contributed by atoms with Gasteiger partial charge in [-0.1, -0.05) is 42.8 Å². The monoisotopic (exact) mass is 509 g/mol. The Bertz CT molecular complexity index is 735. The summed E-state index contributed by atoms with van der Waals surface area (Å²) < 4.78 is 5.93. The molecule has 7 heteroatoms. The second-order valence-electron chi connectivity index (χ2n) is 7.00. The van der Waals surface area contributed by atoms with Crippen molar-refractivity contribution in [3.05, 3.63) is 59.8 Å². The molecular formula is C22H32IN5O. The predicted octanol–water partition coefficient (Wildman–Crippen LogP) is 3.43. The van der Waals surface area contributed by atoms with Gasteiger partial charge in [-0.3, -0.25) is 4.99 Å². The molecule has 1 aromatic heterocycles. The van der Waals surface area contributed by atoms with E-state index in [1.54, 1.807) is 13.2 Å². The van der Waals surface area contributed by atoms with Crippen LogP contribution in [-0.2, 0) is 13.2 Å². The van der Waals surface area contributed by atoms with E-state index in [0.717, 1.165) is 30.2 Å². The number of pyridine rings is 1. The molecule has 1 aromatic carbocycles. The van der Waals surface area contributed by atoms with Crippen molar-refractivity contribution >= 4 is 29.9 Å². The molecule has 0 spiro atoms. The van der Waals surface area contributed by atoms with Crippen molar-refractivity contribution in [2.45, 2.75) is 32.4 Å². The molecule has 2 N–H and O–H groups in total. The highest BCUT2D eigenvalue weighted by Crippen LogP contribution is 2.16. The minimum Gasteiger partial charge on any atom is -0.473 e. The Kier molecular flexibility index (Phi) is 10.8. The zero-order chi connectivity index (χ0) is 19.4. The summed E-state index contributed by atoms with van der Waals surface area (Å²) in [6.45, 7) is 5.50. The third kappa shape index (κ3) is 8.18. The lowest BCUT2D eigenvalue weighted by atomic mass is 10.1. The molecule has 0 saturated carbocycles. The van der Waals surface area contributed by atoms with Crippen LogP contribution in [-0.4, -0.2) is 49.1 Å². The van der Waals surface area contributed by atoms with E-state index in [2.05, 4.69) is 37.6 Å². The summed E-state index contributed by atoms with van der Waals surface area (Å²) in [5, 5.41) is 6.76. The first-order valence-electron chi connectivity index (χ1n) is 10.1. The molecule has 0 amide bonds. The number of likely N-dealkylation sites (tertiary alicyclic amines) is 1. The van der Waals surface area contributed by atoms with Crippen LogP contribution in [0.1, 0.15) is 30.4 Å². The van der Waals surface area contributed by atoms with Gasteiger partial charge in [-0.2, -0.15) is 0 Å². The topological polar surface area (TPSA) is 61.8 Å². The maximum absolute atomic E-state index is 5.93. The number of piperidine rings is 1. The van der Waals surface area contributed by atoms with E-state index in [9.17, 15) is 0 Å². The summed E-state index contributed by atoms with van der Waals surface area (Å²) in [7, 11) is 1.80. The summed E-state index contributed by atoms with van der Waals surface area (Å²) in [6.07, 6.45) is 5.77. The molecule has 0 aliphatic carbocycles. The van der Waals surface area contributed by atoms with Crippen LogP contribution < -0.4 is 15.4 Å². The van der Waals surface area contributed by atoms with Crippen LogP contribution in [0.4, 0.5) is 0 Å². The van der Waals surface area contributed by atoms with E-state index in [4.69, 9.17) is 4.74 Å². The Balaban J connectivity index is 0.00000300. The molecule has 3 rings (SSSR count). The van der Waals surface area contributed by atoms with Gasteiger partial charge in [0.2, 0.25) is 5.88 Å². The number of aromatic nitrogens is 1. The van der Waals surface area contributed by atoms with Gasteiger partial charge < -0.3 is 20.3 Å². The number of rotatable bonds is 8. The smallest absolute Gasteiger partial charge is 0.218 e. The van der Waals surface area contributed by atoms with Crippen LogP contribution in [0.25, 0.3) is 0 Å². The molecular weight excluding hydrogens is 477 g/mol. The van der Waals surface area contributed by atoms with Crippen LogP contribution >= 0.6 is 24.0 Å². The van der Waals surface area contributed by atoms with Gasteiger partial charge in [0.1, 0.15) is 6.61 Å². The summed E-state index contributed by atoms with van der Waals surface area (Å²) in [5.74, 6) is 1.46. The number of halogens is 1. The number of hydrogen-bond acceptors (Lipinski definition) is 4. The maximum Gasteiger partial charge on any atom is 0.218 e. The van der Waals surface area contributed by atoms with E-state index in [1.807, 2.05) is 30.3 Å². The number of hydrogen-bond donors (Lipinski definition) is 2. The molecule has 1 fully saturated rings. The fourth-order valence-electron chi connectivity index (χ4n) is 3.33. The lowest BCUT2D eigenvalue weighted by molar-refractivity contribution is 0.232. The Labute approximate surface area is 191 Å². The fraction of sp³-hybridized carbons (Fsp3) is 0.455. The molecule has 29 heavy (non-hydrogen) atoms. The van der Waals surface area contributed by atoms with Crippen molar-refractivity contribution in [2.24, 2.45) is 4.99 Å². The summed E-state index contributed by atoms with van der Waals surface area (Å²) in [6, 6.07) is 14.1. The highest BCUT2D eigenvalue weighted by Gasteiger charge is 2.10. The molecule has 0 atom stereocenters. The average Bonchev–Trinajstić information content (AvgIpc) is 2.76. The first-order chi connectivity index (χ1) is 13.8. The second kappa shape index (κ2) is 13.4. The normalized spacial score (nSPS) is 14.7. The molecule has 2 heterocycles. The van der Waals surface area contributed by atoms with Crippen LogP contribution in [0.3, 0.4) is 0 Å². The van der Waals surface area contributed by atoms with Crippen molar-refractivity contribution in [1.82, 2.24) is 20.5 Å². The molecule has 2 aromatic rings. The molecule has 0 unspecified atom stereocenters. The number of nitrogens with zero attached hydrogens (tertiary/aromatic N) is 3. The van der Waals surface area contributed by atoms with Gasteiger partial charge in [0.05, 0.1) is 0 Å². The van der Waals surface area contributed by atoms with Gasteiger partial charge in [0.15, 0.2) is 5.96 Å². The fourth-order valence-corrected chi connectivity index (χ4v) is 3.33. The van der Waals surface area contributed by atoms with Crippen molar-refractivity contribution in [3.63, 3.8) is 0 Å². The third-order valence-corrected chi connectivity index (χ3v) is 4.91. The zero-order valence-corrected chi connectivity index (χ0v) is 19.5. The van der Waals surface area contributed by atoms with E-state index < -0.39 is 0 Å². The minimum absolute atomic E-state index is 0. The van der Waals surface area contributed by atoms with E-state index in [0.29, 0.717) is 19.0 Å². The van der Waals surface area contributed by atoms with Gasteiger partial charge in [0, 0.05) is 38.4 Å². The maximum atomic E-state index is 5.93. The second-order valence-corrected chi connectivity index (χ2v) is 7.00. The van der Waals surface area contributed by atoms with Crippen LogP contribution in [0.2, 0.25) is 0 Å². The first kappa shape index (κ1) is 23.4. The minimum atomic E-state index is 0. The van der Waals surface area contributed by atoms with Crippen LogP contribution in [0.15, 0.2) is 53.7 Å². The van der Waals surface area contributed by atoms with Gasteiger partial charge in [0.25, 0.3) is 0 Å². The number of benzene rings is 1. The summed E-state index contributed by atoms with van der Waals surface area (Å²) >= 11 is 0. The predicted molar refractivity (Wildman–Crippen MR) is 129 cm³/mol. The zero-order valence-electron chi connectivity index (χ0n) is 17.1. The Hall–Kier alpha value is -1.87. The Morgan fingerprint density at radius 3 is 2.62 bits per heavy atom. The summed E-state index contributed by atoms with van der Waals surface area (Å²) in [4.78, 5) is 11.2. The van der Waals surface area contributed by atoms with Crippen molar-refractivity contribution in [1.29, 1.82) is 0 Å². The molecule has 0 radical (unpaired) electrons. The van der Waals surface area contributed by atoms with Crippen molar-refractivity contribution in [2.75, 3.05) is 33.2 Å². The largest absolute Gasteiger partial charge is 0.473 e. The van der Waals surface area contributed by atoms with Crippen LogP contribution in [0, 0.1) is 0 Å². The quantitative estimate of drug-likeness (QED) is 0.325. The van der Waals surface area contributed by atoms with Crippen LogP contribution in [0.5, 0.6) is 5.88 Å². The molecule has 1 aliphatic heterocycles. The van der Waals surface area contributed by atoms with Gasteiger partial charge >= 0.3 is 0 Å². The van der Waals surface area contributed by atoms with Crippen molar-refractivity contribution in [3.8, 4) is 5.88 Å². The van der Waals surface area contributed by atoms with Gasteiger partial charge in [-0.15, -0.1) is 24.0 Å². The average molecular weight is 509 g/mol. The third-order valence-electron chi connectivity index (χ3n) is 4.91.